The van der Waals surface area contributed by atoms with Crippen molar-refractivity contribution in [3.63, 3.8) is 0 Å². The third kappa shape index (κ3) is 3.78. The molecule has 1 unspecified atom stereocenters. The van der Waals surface area contributed by atoms with Crippen LogP contribution in [0.1, 0.15) is 70.0 Å². The van der Waals surface area contributed by atoms with E-state index in [1.54, 1.807) is 11.3 Å². The largest absolute Gasteiger partial charge is 0.309 e. The number of hydrogen-bond donors (Lipinski definition) is 1. The fourth-order valence-corrected chi connectivity index (χ4v) is 3.05. The molecule has 98 valence electrons. The number of rotatable bonds is 7. The lowest BCUT2D eigenvalue weighted by atomic mass is 9.95. The van der Waals surface area contributed by atoms with E-state index in [1.807, 2.05) is 7.05 Å². The first kappa shape index (κ1) is 14.7. The summed E-state index contributed by atoms with van der Waals surface area (Å²) in [5.74, 6) is 0.525. The van der Waals surface area contributed by atoms with Crippen LogP contribution in [0, 0.1) is 0 Å². The number of nitrogens with one attached hydrogen (secondary N) is 1. The zero-order chi connectivity index (χ0) is 12.9. The van der Waals surface area contributed by atoms with E-state index < -0.39 is 0 Å². The van der Waals surface area contributed by atoms with E-state index in [0.717, 1.165) is 0 Å². The van der Waals surface area contributed by atoms with E-state index in [-0.39, 0.29) is 5.54 Å². The molecule has 1 atom stereocenters. The van der Waals surface area contributed by atoms with Gasteiger partial charge in [0.25, 0.3) is 0 Å². The molecule has 1 N–H and O–H groups in total. The van der Waals surface area contributed by atoms with Crippen molar-refractivity contribution in [2.75, 3.05) is 7.05 Å². The third-order valence-corrected chi connectivity index (χ3v) is 4.54. The number of unbranched alkanes of at least 4 members (excludes halogenated alkanes) is 2. The van der Waals surface area contributed by atoms with Crippen LogP contribution in [0.25, 0.3) is 0 Å². The maximum Gasteiger partial charge on any atom is 0.113 e. The molecule has 0 spiro atoms. The molecule has 17 heavy (non-hydrogen) atoms. The molecule has 1 heterocycles. The number of aromatic nitrogens is 1. The van der Waals surface area contributed by atoms with Gasteiger partial charge in [0.1, 0.15) is 5.01 Å². The minimum atomic E-state index is 0.0486. The van der Waals surface area contributed by atoms with Crippen LogP contribution in [0.5, 0.6) is 0 Å². The highest BCUT2D eigenvalue weighted by Crippen LogP contribution is 2.31. The summed E-state index contributed by atoms with van der Waals surface area (Å²) >= 11 is 1.79. The molecule has 2 nitrogen and oxygen atoms in total. The molecule has 1 rings (SSSR count). The Morgan fingerprint density at radius 3 is 2.59 bits per heavy atom. The third-order valence-electron chi connectivity index (χ3n) is 3.42. The highest BCUT2D eigenvalue weighted by Gasteiger charge is 2.27. The summed E-state index contributed by atoms with van der Waals surface area (Å²) < 4.78 is 0. The van der Waals surface area contributed by atoms with E-state index >= 15 is 0 Å². The minimum absolute atomic E-state index is 0.0486. The Kier molecular flexibility index (Phi) is 5.60. The van der Waals surface area contributed by atoms with Gasteiger partial charge in [-0.3, -0.25) is 0 Å². The zero-order valence-corrected chi connectivity index (χ0v) is 12.7. The molecular formula is C14H26N2S. The lowest BCUT2D eigenvalue weighted by Gasteiger charge is -2.27. The summed E-state index contributed by atoms with van der Waals surface area (Å²) in [5, 5.41) is 6.89. The van der Waals surface area contributed by atoms with E-state index in [0.29, 0.717) is 5.92 Å². The smallest absolute Gasteiger partial charge is 0.113 e. The molecule has 1 aromatic heterocycles. The van der Waals surface area contributed by atoms with Gasteiger partial charge < -0.3 is 5.32 Å². The number of hydrogen-bond acceptors (Lipinski definition) is 3. The van der Waals surface area contributed by atoms with Crippen molar-refractivity contribution in [2.45, 2.75) is 64.8 Å². The minimum Gasteiger partial charge on any atom is -0.309 e. The van der Waals surface area contributed by atoms with Crippen LogP contribution in [0.15, 0.2) is 5.38 Å². The fraction of sp³-hybridized carbons (Fsp3) is 0.786. The average molecular weight is 254 g/mol. The van der Waals surface area contributed by atoms with Crippen molar-refractivity contribution < 1.29 is 0 Å². The molecule has 0 fully saturated rings. The first-order valence-corrected chi connectivity index (χ1v) is 7.56. The first-order chi connectivity index (χ1) is 8.03. The normalized spacial score (nSPS) is 15.2. The molecule has 1 aromatic rings. The van der Waals surface area contributed by atoms with Gasteiger partial charge in [0, 0.05) is 5.38 Å². The van der Waals surface area contributed by atoms with Gasteiger partial charge in [-0.25, -0.2) is 4.98 Å². The van der Waals surface area contributed by atoms with Crippen molar-refractivity contribution in [3.8, 4) is 0 Å². The summed E-state index contributed by atoms with van der Waals surface area (Å²) in [6.07, 6.45) is 5.02. The molecule has 0 radical (unpaired) electrons. The van der Waals surface area contributed by atoms with Crippen molar-refractivity contribution >= 4 is 11.3 Å². The molecule has 0 saturated carbocycles. The van der Waals surface area contributed by atoms with Gasteiger partial charge in [0.2, 0.25) is 0 Å². The molecule has 0 bridgehead atoms. The Morgan fingerprint density at radius 1 is 1.41 bits per heavy atom. The Balaban J connectivity index is 2.76. The summed E-state index contributed by atoms with van der Waals surface area (Å²) in [6, 6.07) is 0. The SMILES string of the molecule is CCCCCC(C)(NC)c1nc(C(C)C)cs1. The molecule has 0 aliphatic heterocycles. The lowest BCUT2D eigenvalue weighted by molar-refractivity contribution is 0.351. The highest BCUT2D eigenvalue weighted by atomic mass is 32.1. The summed E-state index contributed by atoms with van der Waals surface area (Å²) in [4.78, 5) is 4.79. The van der Waals surface area contributed by atoms with Crippen LogP contribution in [0.4, 0.5) is 0 Å². The Bertz CT molecular complexity index is 333. The second-order valence-electron chi connectivity index (χ2n) is 5.27. The summed E-state index contributed by atoms with van der Waals surface area (Å²) in [6.45, 7) is 8.92. The summed E-state index contributed by atoms with van der Waals surface area (Å²) in [5.41, 5.74) is 1.27. The van der Waals surface area contributed by atoms with Crippen molar-refractivity contribution in [1.29, 1.82) is 0 Å². The Hall–Kier alpha value is -0.410. The average Bonchev–Trinajstić information content (AvgIpc) is 2.79. The Morgan fingerprint density at radius 2 is 2.12 bits per heavy atom. The van der Waals surface area contributed by atoms with Crippen LogP contribution in [-0.4, -0.2) is 12.0 Å². The van der Waals surface area contributed by atoms with Gasteiger partial charge in [-0.05, 0) is 26.3 Å². The van der Waals surface area contributed by atoms with Gasteiger partial charge in [0.15, 0.2) is 0 Å². The first-order valence-electron chi connectivity index (χ1n) is 6.68. The van der Waals surface area contributed by atoms with E-state index in [2.05, 4.69) is 38.4 Å². The van der Waals surface area contributed by atoms with Crippen LogP contribution in [0.2, 0.25) is 0 Å². The highest BCUT2D eigenvalue weighted by molar-refractivity contribution is 7.09. The zero-order valence-electron chi connectivity index (χ0n) is 11.8. The molecule has 0 amide bonds. The maximum atomic E-state index is 4.79. The predicted octanol–water partition coefficient (Wildman–Crippen LogP) is 4.28. The van der Waals surface area contributed by atoms with Crippen molar-refractivity contribution in [1.82, 2.24) is 10.3 Å². The lowest BCUT2D eigenvalue weighted by Crippen LogP contribution is -2.36. The topological polar surface area (TPSA) is 24.9 Å². The van der Waals surface area contributed by atoms with E-state index in [9.17, 15) is 0 Å². The van der Waals surface area contributed by atoms with Crippen molar-refractivity contribution in [3.05, 3.63) is 16.1 Å². The van der Waals surface area contributed by atoms with Gasteiger partial charge in [-0.1, -0.05) is 40.0 Å². The molecular weight excluding hydrogens is 228 g/mol. The Labute approximate surface area is 110 Å². The van der Waals surface area contributed by atoms with Crippen LogP contribution >= 0.6 is 11.3 Å². The quantitative estimate of drug-likeness (QED) is 0.735. The number of thiazole rings is 1. The van der Waals surface area contributed by atoms with Gasteiger partial charge in [-0.15, -0.1) is 11.3 Å². The number of nitrogens with zero attached hydrogens (tertiary/aromatic N) is 1. The van der Waals surface area contributed by atoms with E-state index in [1.165, 1.54) is 36.4 Å². The van der Waals surface area contributed by atoms with E-state index in [4.69, 9.17) is 4.98 Å². The van der Waals surface area contributed by atoms with Crippen LogP contribution in [-0.2, 0) is 5.54 Å². The molecule has 0 aromatic carbocycles. The summed E-state index contributed by atoms with van der Waals surface area (Å²) in [7, 11) is 2.04. The molecule has 0 aliphatic rings. The molecule has 3 heteroatoms. The van der Waals surface area contributed by atoms with Gasteiger partial charge >= 0.3 is 0 Å². The molecule has 0 saturated heterocycles. The predicted molar refractivity (Wildman–Crippen MR) is 76.8 cm³/mol. The van der Waals surface area contributed by atoms with Gasteiger partial charge in [0.05, 0.1) is 11.2 Å². The second-order valence-corrected chi connectivity index (χ2v) is 6.13. The second kappa shape index (κ2) is 6.50. The van der Waals surface area contributed by atoms with Crippen LogP contribution in [0.3, 0.4) is 0 Å². The van der Waals surface area contributed by atoms with Crippen molar-refractivity contribution in [2.24, 2.45) is 0 Å². The van der Waals surface area contributed by atoms with Gasteiger partial charge in [-0.2, -0.15) is 0 Å². The maximum absolute atomic E-state index is 4.79. The standard InChI is InChI=1S/C14H26N2S/c1-6-7-8-9-14(4,15-5)13-16-12(10-17-13)11(2)3/h10-11,15H,6-9H2,1-5H3. The molecule has 0 aliphatic carbocycles. The van der Waals surface area contributed by atoms with Crippen LogP contribution < -0.4 is 5.32 Å². The fourth-order valence-electron chi connectivity index (χ4n) is 1.87. The monoisotopic (exact) mass is 254 g/mol.